The van der Waals surface area contributed by atoms with Crippen molar-refractivity contribution in [2.45, 2.75) is 24.7 Å². The van der Waals surface area contributed by atoms with Crippen molar-refractivity contribution in [1.82, 2.24) is 4.72 Å². The van der Waals surface area contributed by atoms with Crippen molar-refractivity contribution in [2.24, 2.45) is 5.92 Å². The Bertz CT molecular complexity index is 473. The SMILES string of the molecule is CC(CO)CNS(=O)(=O)c1ccc(CCCCl)cc1. The van der Waals surface area contributed by atoms with Crippen LogP contribution >= 0.6 is 11.6 Å². The zero-order valence-electron chi connectivity index (χ0n) is 11.0. The first-order valence-electron chi connectivity index (χ1n) is 6.25. The number of rotatable bonds is 8. The van der Waals surface area contributed by atoms with Gasteiger partial charge in [0, 0.05) is 19.0 Å². The van der Waals surface area contributed by atoms with E-state index < -0.39 is 10.0 Å². The summed E-state index contributed by atoms with van der Waals surface area (Å²) in [6, 6.07) is 6.79. The third kappa shape index (κ3) is 5.48. The summed E-state index contributed by atoms with van der Waals surface area (Å²) in [6.07, 6.45) is 1.72. The predicted molar refractivity (Wildman–Crippen MR) is 76.9 cm³/mol. The zero-order chi connectivity index (χ0) is 14.3. The van der Waals surface area contributed by atoms with Crippen LogP contribution in [0.3, 0.4) is 0 Å². The standard InChI is InChI=1S/C13H20ClNO3S/c1-11(10-16)9-15-19(17,18)13-6-4-12(5-7-13)3-2-8-14/h4-7,11,15-16H,2-3,8-10H2,1H3. The van der Waals surface area contributed by atoms with E-state index in [2.05, 4.69) is 4.72 Å². The number of sulfonamides is 1. The molecule has 0 radical (unpaired) electrons. The molecule has 0 heterocycles. The van der Waals surface area contributed by atoms with Crippen molar-refractivity contribution < 1.29 is 13.5 Å². The van der Waals surface area contributed by atoms with Gasteiger partial charge in [-0.2, -0.15) is 0 Å². The smallest absolute Gasteiger partial charge is 0.240 e. The lowest BCUT2D eigenvalue weighted by Gasteiger charge is -2.10. The van der Waals surface area contributed by atoms with Gasteiger partial charge in [0.25, 0.3) is 0 Å². The third-order valence-electron chi connectivity index (χ3n) is 2.77. The van der Waals surface area contributed by atoms with Gasteiger partial charge in [0.15, 0.2) is 0 Å². The van der Waals surface area contributed by atoms with Gasteiger partial charge in [0.05, 0.1) is 4.90 Å². The molecule has 1 atom stereocenters. The largest absolute Gasteiger partial charge is 0.396 e. The summed E-state index contributed by atoms with van der Waals surface area (Å²) in [6.45, 7) is 1.96. The first kappa shape index (κ1) is 16.4. The normalized spacial score (nSPS) is 13.4. The summed E-state index contributed by atoms with van der Waals surface area (Å²) in [5.74, 6) is 0.499. The number of aliphatic hydroxyl groups is 1. The summed E-state index contributed by atoms with van der Waals surface area (Å²) < 4.78 is 26.4. The fourth-order valence-electron chi connectivity index (χ4n) is 1.51. The first-order valence-corrected chi connectivity index (χ1v) is 8.27. The molecule has 0 fully saturated rings. The number of hydrogen-bond acceptors (Lipinski definition) is 3. The molecule has 0 bridgehead atoms. The Morgan fingerprint density at radius 1 is 1.32 bits per heavy atom. The minimum atomic E-state index is -3.49. The van der Waals surface area contributed by atoms with Crippen molar-refractivity contribution in [1.29, 1.82) is 0 Å². The molecule has 1 aromatic rings. The van der Waals surface area contributed by atoms with Crippen molar-refractivity contribution in [2.75, 3.05) is 19.0 Å². The molecule has 1 aromatic carbocycles. The number of aryl methyl sites for hydroxylation is 1. The monoisotopic (exact) mass is 305 g/mol. The molecule has 2 N–H and O–H groups in total. The average Bonchev–Trinajstić information content (AvgIpc) is 2.43. The Labute approximate surface area is 119 Å². The predicted octanol–water partition coefficient (Wildman–Crippen LogP) is 1.76. The quantitative estimate of drug-likeness (QED) is 0.719. The van der Waals surface area contributed by atoms with Crippen LogP contribution in [0.1, 0.15) is 18.9 Å². The van der Waals surface area contributed by atoms with Crippen LogP contribution in [0.5, 0.6) is 0 Å². The van der Waals surface area contributed by atoms with E-state index >= 15 is 0 Å². The van der Waals surface area contributed by atoms with E-state index in [1.165, 1.54) is 0 Å². The van der Waals surface area contributed by atoms with Crippen LogP contribution in [0.15, 0.2) is 29.2 Å². The van der Waals surface area contributed by atoms with Crippen LogP contribution in [0, 0.1) is 5.92 Å². The van der Waals surface area contributed by atoms with Gasteiger partial charge in [-0.15, -0.1) is 11.6 Å². The maximum Gasteiger partial charge on any atom is 0.240 e. The van der Waals surface area contributed by atoms with Gasteiger partial charge in [0.2, 0.25) is 10.0 Å². The van der Waals surface area contributed by atoms with E-state index in [0.29, 0.717) is 5.88 Å². The van der Waals surface area contributed by atoms with Crippen molar-refractivity contribution in [3.05, 3.63) is 29.8 Å². The van der Waals surface area contributed by atoms with Gasteiger partial charge in [0.1, 0.15) is 0 Å². The highest BCUT2D eigenvalue weighted by molar-refractivity contribution is 7.89. The van der Waals surface area contributed by atoms with Gasteiger partial charge >= 0.3 is 0 Å². The van der Waals surface area contributed by atoms with Crippen LogP contribution in [0.4, 0.5) is 0 Å². The maximum absolute atomic E-state index is 12.0. The van der Waals surface area contributed by atoms with Gasteiger partial charge in [-0.05, 0) is 36.5 Å². The summed E-state index contributed by atoms with van der Waals surface area (Å²) >= 11 is 5.61. The molecule has 1 unspecified atom stereocenters. The van der Waals surface area contributed by atoms with E-state index in [0.717, 1.165) is 18.4 Å². The molecule has 0 aliphatic carbocycles. The fraction of sp³-hybridized carbons (Fsp3) is 0.538. The highest BCUT2D eigenvalue weighted by Crippen LogP contribution is 2.12. The van der Waals surface area contributed by atoms with Gasteiger partial charge in [-0.3, -0.25) is 0 Å². The minimum absolute atomic E-state index is 0.0418. The van der Waals surface area contributed by atoms with Crippen LogP contribution in [-0.2, 0) is 16.4 Å². The van der Waals surface area contributed by atoms with Crippen LogP contribution in [0.2, 0.25) is 0 Å². The number of aliphatic hydroxyl groups excluding tert-OH is 1. The van der Waals surface area contributed by atoms with Gasteiger partial charge < -0.3 is 5.11 Å². The summed E-state index contributed by atoms with van der Waals surface area (Å²) in [5.41, 5.74) is 1.07. The van der Waals surface area contributed by atoms with Crippen molar-refractivity contribution in [3.8, 4) is 0 Å². The van der Waals surface area contributed by atoms with Gasteiger partial charge in [-0.1, -0.05) is 19.1 Å². The van der Waals surface area contributed by atoms with Crippen LogP contribution in [-0.4, -0.2) is 32.6 Å². The molecule has 0 saturated carbocycles. The van der Waals surface area contributed by atoms with Crippen molar-refractivity contribution >= 4 is 21.6 Å². The number of alkyl halides is 1. The molecule has 0 aromatic heterocycles. The second kappa shape index (κ2) is 7.85. The Kier molecular flexibility index (Phi) is 6.79. The summed E-state index contributed by atoms with van der Waals surface area (Å²) in [4.78, 5) is 0.243. The number of halogens is 1. The van der Waals surface area contributed by atoms with E-state index in [9.17, 15) is 8.42 Å². The molecule has 108 valence electrons. The lowest BCUT2D eigenvalue weighted by Crippen LogP contribution is -2.29. The lowest BCUT2D eigenvalue weighted by molar-refractivity contribution is 0.238. The molecular weight excluding hydrogens is 286 g/mol. The topological polar surface area (TPSA) is 66.4 Å². The zero-order valence-corrected chi connectivity index (χ0v) is 12.5. The molecule has 0 aliphatic rings. The molecule has 19 heavy (non-hydrogen) atoms. The maximum atomic E-state index is 12.0. The van der Waals surface area contributed by atoms with E-state index in [1.54, 1.807) is 31.2 Å². The van der Waals surface area contributed by atoms with E-state index in [-0.39, 0.29) is 24.0 Å². The Hall–Kier alpha value is -0.620. The number of benzene rings is 1. The Morgan fingerprint density at radius 2 is 1.95 bits per heavy atom. The average molecular weight is 306 g/mol. The highest BCUT2D eigenvalue weighted by Gasteiger charge is 2.14. The highest BCUT2D eigenvalue weighted by atomic mass is 35.5. The molecule has 1 rings (SSSR count). The van der Waals surface area contributed by atoms with E-state index in [4.69, 9.17) is 16.7 Å². The molecule has 6 heteroatoms. The van der Waals surface area contributed by atoms with Crippen LogP contribution < -0.4 is 4.72 Å². The van der Waals surface area contributed by atoms with Crippen LogP contribution in [0.25, 0.3) is 0 Å². The lowest BCUT2D eigenvalue weighted by atomic mass is 10.1. The second-order valence-electron chi connectivity index (χ2n) is 4.58. The molecule has 0 aliphatic heterocycles. The Morgan fingerprint density at radius 3 is 2.47 bits per heavy atom. The fourth-order valence-corrected chi connectivity index (χ4v) is 2.80. The third-order valence-corrected chi connectivity index (χ3v) is 4.47. The summed E-state index contributed by atoms with van der Waals surface area (Å²) in [5, 5.41) is 8.88. The van der Waals surface area contributed by atoms with E-state index in [1.807, 2.05) is 0 Å². The molecule has 0 spiro atoms. The number of hydrogen-bond donors (Lipinski definition) is 2. The van der Waals surface area contributed by atoms with Crippen molar-refractivity contribution in [3.63, 3.8) is 0 Å². The summed E-state index contributed by atoms with van der Waals surface area (Å²) in [7, 11) is -3.49. The minimum Gasteiger partial charge on any atom is -0.396 e. The second-order valence-corrected chi connectivity index (χ2v) is 6.72. The molecule has 0 amide bonds. The first-order chi connectivity index (χ1) is 8.99. The Balaban J connectivity index is 2.68. The molecule has 0 saturated heterocycles. The molecular formula is C13H20ClNO3S. The number of nitrogens with one attached hydrogen (secondary N) is 1. The van der Waals surface area contributed by atoms with Gasteiger partial charge in [-0.25, -0.2) is 13.1 Å². The molecule has 4 nitrogen and oxygen atoms in total.